The summed E-state index contributed by atoms with van der Waals surface area (Å²) in [5.74, 6) is -1.38. The number of aliphatic carboxylic acids is 1. The minimum Gasteiger partial charge on any atom is -0.480 e. The molecule has 2 rings (SSSR count). The van der Waals surface area contributed by atoms with E-state index in [-0.39, 0.29) is 5.91 Å². The van der Waals surface area contributed by atoms with Crippen molar-refractivity contribution in [3.05, 3.63) is 0 Å². The van der Waals surface area contributed by atoms with Gasteiger partial charge in [0.1, 0.15) is 12.1 Å². The maximum absolute atomic E-state index is 12.5. The maximum Gasteiger partial charge on any atom is 0.326 e. The monoisotopic (exact) mass is 304 g/mol. The summed E-state index contributed by atoms with van der Waals surface area (Å²) < 4.78 is 24.8. The Labute approximate surface area is 118 Å². The van der Waals surface area contributed by atoms with Crippen LogP contribution in [0.2, 0.25) is 0 Å². The van der Waals surface area contributed by atoms with Gasteiger partial charge in [-0.15, -0.1) is 0 Å². The number of hydrogen-bond acceptors (Lipinski definition) is 4. The van der Waals surface area contributed by atoms with Crippen LogP contribution in [0.5, 0.6) is 0 Å². The molecular weight excluding hydrogens is 284 g/mol. The Bertz CT molecular complexity index is 504. The molecule has 0 saturated carbocycles. The first-order valence-corrected chi connectivity index (χ1v) is 8.67. The summed E-state index contributed by atoms with van der Waals surface area (Å²) in [6.07, 6.45) is 4.17. The smallest absolute Gasteiger partial charge is 0.326 e. The molecule has 1 N–H and O–H groups in total. The van der Waals surface area contributed by atoms with Gasteiger partial charge in [0, 0.05) is 13.1 Å². The Hall–Kier alpha value is -1.15. The zero-order chi connectivity index (χ0) is 14.9. The molecule has 114 valence electrons. The van der Waals surface area contributed by atoms with Crippen LogP contribution in [0.3, 0.4) is 0 Å². The topological polar surface area (TPSA) is 95.0 Å². The molecule has 1 amide bonds. The molecule has 2 saturated heterocycles. The third-order valence-electron chi connectivity index (χ3n) is 3.99. The summed E-state index contributed by atoms with van der Waals surface area (Å²) in [6.45, 7) is 0.727. The average Bonchev–Trinajstić information content (AvgIpc) is 2.86. The first kappa shape index (κ1) is 15.2. The predicted molar refractivity (Wildman–Crippen MR) is 71.6 cm³/mol. The highest BCUT2D eigenvalue weighted by Crippen LogP contribution is 2.25. The molecule has 2 atom stereocenters. The third kappa shape index (κ3) is 2.95. The van der Waals surface area contributed by atoms with Crippen molar-refractivity contribution in [1.82, 2.24) is 9.21 Å². The molecule has 0 aromatic carbocycles. The Morgan fingerprint density at radius 3 is 2.30 bits per heavy atom. The molecule has 8 heteroatoms. The molecule has 0 aromatic heterocycles. The van der Waals surface area contributed by atoms with Crippen molar-refractivity contribution in [2.75, 3.05) is 19.3 Å². The predicted octanol–water partition coefficient (Wildman–Crippen LogP) is -0.124. The maximum atomic E-state index is 12.5. The number of sulfonamides is 1. The summed E-state index contributed by atoms with van der Waals surface area (Å²) >= 11 is 0. The highest BCUT2D eigenvalue weighted by atomic mass is 32.2. The van der Waals surface area contributed by atoms with E-state index < -0.39 is 28.1 Å². The molecule has 0 radical (unpaired) electrons. The van der Waals surface area contributed by atoms with Gasteiger partial charge in [0.05, 0.1) is 6.26 Å². The minimum absolute atomic E-state index is 0.334. The van der Waals surface area contributed by atoms with E-state index in [0.717, 1.165) is 19.1 Å². The van der Waals surface area contributed by atoms with E-state index in [0.29, 0.717) is 32.4 Å². The number of carbonyl (C=O) groups is 2. The van der Waals surface area contributed by atoms with E-state index in [2.05, 4.69) is 0 Å². The minimum atomic E-state index is -3.45. The third-order valence-corrected chi connectivity index (χ3v) is 5.27. The molecule has 2 fully saturated rings. The molecule has 2 aliphatic heterocycles. The summed E-state index contributed by atoms with van der Waals surface area (Å²) in [7, 11) is -3.45. The van der Waals surface area contributed by atoms with Crippen molar-refractivity contribution in [2.45, 2.75) is 44.2 Å². The Morgan fingerprint density at radius 2 is 1.70 bits per heavy atom. The quantitative estimate of drug-likeness (QED) is 0.784. The highest BCUT2D eigenvalue weighted by Gasteiger charge is 2.42. The highest BCUT2D eigenvalue weighted by molar-refractivity contribution is 7.88. The van der Waals surface area contributed by atoms with Crippen LogP contribution in [0.1, 0.15) is 32.1 Å². The van der Waals surface area contributed by atoms with Crippen LogP contribution >= 0.6 is 0 Å². The van der Waals surface area contributed by atoms with Crippen molar-refractivity contribution in [2.24, 2.45) is 0 Å². The first-order chi connectivity index (χ1) is 9.32. The molecule has 0 aromatic rings. The van der Waals surface area contributed by atoms with Gasteiger partial charge in [-0.2, -0.15) is 4.31 Å². The molecule has 2 heterocycles. The van der Waals surface area contributed by atoms with Gasteiger partial charge < -0.3 is 10.0 Å². The van der Waals surface area contributed by atoms with Crippen molar-refractivity contribution in [3.8, 4) is 0 Å². The second-order valence-corrected chi connectivity index (χ2v) is 7.35. The van der Waals surface area contributed by atoms with E-state index in [9.17, 15) is 18.0 Å². The zero-order valence-electron chi connectivity index (χ0n) is 11.5. The van der Waals surface area contributed by atoms with E-state index in [1.807, 2.05) is 0 Å². The van der Waals surface area contributed by atoms with Crippen molar-refractivity contribution in [1.29, 1.82) is 0 Å². The molecular formula is C12H20N2O5S. The molecule has 0 bridgehead atoms. The number of piperidine rings is 1. The van der Waals surface area contributed by atoms with Crippen LogP contribution in [0.25, 0.3) is 0 Å². The van der Waals surface area contributed by atoms with Gasteiger partial charge in [-0.3, -0.25) is 4.79 Å². The van der Waals surface area contributed by atoms with Gasteiger partial charge >= 0.3 is 5.97 Å². The van der Waals surface area contributed by atoms with Crippen LogP contribution in [0.15, 0.2) is 0 Å². The van der Waals surface area contributed by atoms with Crippen LogP contribution in [-0.4, -0.2) is 66.0 Å². The molecule has 20 heavy (non-hydrogen) atoms. The molecule has 2 aliphatic rings. The van der Waals surface area contributed by atoms with E-state index in [1.165, 1.54) is 9.21 Å². The lowest BCUT2D eigenvalue weighted by atomic mass is 10.0. The van der Waals surface area contributed by atoms with E-state index in [4.69, 9.17) is 5.11 Å². The van der Waals surface area contributed by atoms with Gasteiger partial charge in [0.15, 0.2) is 0 Å². The van der Waals surface area contributed by atoms with E-state index >= 15 is 0 Å². The van der Waals surface area contributed by atoms with E-state index in [1.54, 1.807) is 0 Å². The summed E-state index contributed by atoms with van der Waals surface area (Å²) in [5.41, 5.74) is 0. The SMILES string of the molecule is CS(=O)(=O)N1CCCCC1C(=O)N1CCC[C@H]1C(=O)O. The lowest BCUT2D eigenvalue weighted by Crippen LogP contribution is -2.54. The second kappa shape index (κ2) is 5.69. The van der Waals surface area contributed by atoms with Crippen LogP contribution in [0.4, 0.5) is 0 Å². The standard InChI is InChI=1S/C12H20N2O5S/c1-20(18,19)14-8-3-2-5-9(14)11(15)13-7-4-6-10(13)12(16)17/h9-10H,2-8H2,1H3,(H,16,17)/t9?,10-/m0/s1. The largest absolute Gasteiger partial charge is 0.480 e. The lowest BCUT2D eigenvalue weighted by Gasteiger charge is -2.36. The number of rotatable bonds is 3. The van der Waals surface area contributed by atoms with Crippen LogP contribution in [-0.2, 0) is 19.6 Å². The number of likely N-dealkylation sites (tertiary alicyclic amines) is 1. The fourth-order valence-corrected chi connectivity index (χ4v) is 4.15. The number of carboxylic acid groups (broad SMARTS) is 1. The summed E-state index contributed by atoms with van der Waals surface area (Å²) in [6, 6.07) is -1.55. The molecule has 7 nitrogen and oxygen atoms in total. The number of amides is 1. The number of carboxylic acids is 1. The Balaban J connectivity index is 2.20. The number of carbonyl (C=O) groups excluding carboxylic acids is 1. The first-order valence-electron chi connectivity index (χ1n) is 6.82. The van der Waals surface area contributed by atoms with Gasteiger partial charge in [-0.05, 0) is 25.7 Å². The molecule has 1 unspecified atom stereocenters. The summed E-state index contributed by atoms with van der Waals surface area (Å²) in [4.78, 5) is 25.0. The normalized spacial score (nSPS) is 28.6. The van der Waals surface area contributed by atoms with Gasteiger partial charge in [0.2, 0.25) is 15.9 Å². The Morgan fingerprint density at radius 1 is 1.05 bits per heavy atom. The average molecular weight is 304 g/mol. The van der Waals surface area contributed by atoms with Crippen molar-refractivity contribution < 1.29 is 23.1 Å². The van der Waals surface area contributed by atoms with Crippen molar-refractivity contribution in [3.63, 3.8) is 0 Å². The fourth-order valence-electron chi connectivity index (χ4n) is 3.03. The van der Waals surface area contributed by atoms with Crippen LogP contribution in [0, 0.1) is 0 Å². The van der Waals surface area contributed by atoms with Gasteiger partial charge in [-0.25, -0.2) is 13.2 Å². The Kier molecular flexibility index (Phi) is 4.33. The van der Waals surface area contributed by atoms with Crippen molar-refractivity contribution >= 4 is 21.9 Å². The molecule has 0 aliphatic carbocycles. The fraction of sp³-hybridized carbons (Fsp3) is 0.833. The number of hydrogen-bond donors (Lipinski definition) is 1. The lowest BCUT2D eigenvalue weighted by molar-refractivity contribution is -0.150. The summed E-state index contributed by atoms with van der Waals surface area (Å²) in [5, 5.41) is 9.13. The van der Waals surface area contributed by atoms with Gasteiger partial charge in [-0.1, -0.05) is 6.42 Å². The second-order valence-electron chi connectivity index (χ2n) is 5.41. The van der Waals surface area contributed by atoms with Crippen LogP contribution < -0.4 is 0 Å². The zero-order valence-corrected chi connectivity index (χ0v) is 12.3. The number of nitrogens with zero attached hydrogens (tertiary/aromatic N) is 2. The van der Waals surface area contributed by atoms with Gasteiger partial charge in [0.25, 0.3) is 0 Å². The molecule has 0 spiro atoms.